The maximum Gasteiger partial charge on any atom is 0.401 e. The van der Waals surface area contributed by atoms with E-state index < -0.39 is 12.7 Å². The molecule has 1 aliphatic heterocycles. The molecule has 1 aromatic rings. The zero-order chi connectivity index (χ0) is 14.6. The summed E-state index contributed by atoms with van der Waals surface area (Å²) in [4.78, 5) is 1.47. The van der Waals surface area contributed by atoms with E-state index in [1.807, 2.05) is 24.3 Å². The first-order valence-electron chi connectivity index (χ1n) is 6.60. The molecule has 1 saturated heterocycles. The first-order valence-corrected chi connectivity index (χ1v) is 7.68. The van der Waals surface area contributed by atoms with Crippen LogP contribution in [0.2, 0.25) is 0 Å². The molecule has 1 heterocycles. The fourth-order valence-corrected chi connectivity index (χ4v) is 2.85. The minimum atomic E-state index is -4.09. The third-order valence-electron chi connectivity index (χ3n) is 3.39. The van der Waals surface area contributed by atoms with Crippen molar-refractivity contribution in [2.75, 3.05) is 26.2 Å². The number of hydrogen-bond donors (Lipinski definition) is 0. The van der Waals surface area contributed by atoms with E-state index in [1.54, 1.807) is 0 Å². The fourth-order valence-electron chi connectivity index (χ4n) is 2.34. The highest BCUT2D eigenvalue weighted by molar-refractivity contribution is 14.1. The minimum absolute atomic E-state index is 0.345. The van der Waals surface area contributed by atoms with E-state index in [9.17, 15) is 13.2 Å². The van der Waals surface area contributed by atoms with E-state index in [-0.39, 0.29) is 0 Å². The maximum atomic E-state index is 12.3. The van der Waals surface area contributed by atoms with Gasteiger partial charge in [-0.2, -0.15) is 13.2 Å². The number of nitrogens with zero attached hydrogens (tertiary/aromatic N) is 1. The van der Waals surface area contributed by atoms with E-state index in [4.69, 9.17) is 4.74 Å². The maximum absolute atomic E-state index is 12.3. The van der Waals surface area contributed by atoms with Crippen molar-refractivity contribution < 1.29 is 17.9 Å². The SMILES string of the molecule is FC(F)(F)CN1CCC(COc2cccc(I)c2)CC1. The van der Waals surface area contributed by atoms with Gasteiger partial charge >= 0.3 is 6.18 Å². The lowest BCUT2D eigenvalue weighted by Gasteiger charge is -2.32. The van der Waals surface area contributed by atoms with Gasteiger partial charge in [-0.15, -0.1) is 0 Å². The fraction of sp³-hybridized carbons (Fsp3) is 0.571. The van der Waals surface area contributed by atoms with Gasteiger partial charge in [0.25, 0.3) is 0 Å². The van der Waals surface area contributed by atoms with E-state index in [1.165, 1.54) is 4.90 Å². The molecule has 0 atom stereocenters. The quantitative estimate of drug-likeness (QED) is 0.712. The Morgan fingerprint density at radius 1 is 1.25 bits per heavy atom. The summed E-state index contributed by atoms with van der Waals surface area (Å²) in [5.74, 6) is 1.17. The van der Waals surface area contributed by atoms with Crippen LogP contribution in [0.5, 0.6) is 5.75 Å². The minimum Gasteiger partial charge on any atom is -0.493 e. The summed E-state index contributed by atoms with van der Waals surface area (Å²) in [7, 11) is 0. The zero-order valence-electron chi connectivity index (χ0n) is 11.0. The van der Waals surface area contributed by atoms with Crippen molar-refractivity contribution in [1.82, 2.24) is 4.90 Å². The normalized spacial score (nSPS) is 18.2. The summed E-state index contributed by atoms with van der Waals surface area (Å²) in [6, 6.07) is 7.78. The Kier molecular flexibility index (Phi) is 5.54. The molecule has 0 N–H and O–H groups in total. The van der Waals surface area contributed by atoms with E-state index in [2.05, 4.69) is 22.6 Å². The molecule has 1 fully saturated rings. The van der Waals surface area contributed by atoms with Gasteiger partial charge in [0.15, 0.2) is 0 Å². The topological polar surface area (TPSA) is 12.5 Å². The van der Waals surface area contributed by atoms with Crippen molar-refractivity contribution in [3.05, 3.63) is 27.8 Å². The van der Waals surface area contributed by atoms with E-state index in [0.717, 1.165) is 22.2 Å². The van der Waals surface area contributed by atoms with Gasteiger partial charge in [-0.25, -0.2) is 0 Å². The van der Waals surface area contributed by atoms with Crippen LogP contribution in [0.15, 0.2) is 24.3 Å². The van der Waals surface area contributed by atoms with Crippen molar-refractivity contribution in [1.29, 1.82) is 0 Å². The molecular weight excluding hydrogens is 382 g/mol. The van der Waals surface area contributed by atoms with Crippen LogP contribution in [0, 0.1) is 9.49 Å². The van der Waals surface area contributed by atoms with Crippen molar-refractivity contribution in [3.63, 3.8) is 0 Å². The lowest BCUT2D eigenvalue weighted by atomic mass is 9.98. The highest BCUT2D eigenvalue weighted by atomic mass is 127. The van der Waals surface area contributed by atoms with Gasteiger partial charge in [-0.05, 0) is 72.6 Å². The summed E-state index contributed by atoms with van der Waals surface area (Å²) in [6.07, 6.45) is -2.57. The van der Waals surface area contributed by atoms with Crippen LogP contribution in [-0.4, -0.2) is 37.3 Å². The lowest BCUT2D eigenvalue weighted by molar-refractivity contribution is -0.148. The second kappa shape index (κ2) is 6.98. The molecule has 112 valence electrons. The van der Waals surface area contributed by atoms with Crippen molar-refractivity contribution in [2.45, 2.75) is 19.0 Å². The standard InChI is InChI=1S/C14H17F3INO/c15-14(16,17)10-19-6-4-11(5-7-19)9-20-13-3-1-2-12(18)8-13/h1-3,8,11H,4-7,9-10H2. The van der Waals surface area contributed by atoms with Crippen LogP contribution in [0.1, 0.15) is 12.8 Å². The number of hydrogen-bond acceptors (Lipinski definition) is 2. The molecule has 0 unspecified atom stereocenters. The highest BCUT2D eigenvalue weighted by Gasteiger charge is 2.32. The second-order valence-corrected chi connectivity index (χ2v) is 6.35. The van der Waals surface area contributed by atoms with Crippen LogP contribution in [-0.2, 0) is 0 Å². The van der Waals surface area contributed by atoms with Gasteiger partial charge in [0, 0.05) is 3.57 Å². The Balaban J connectivity index is 1.72. The van der Waals surface area contributed by atoms with Gasteiger partial charge in [-0.3, -0.25) is 4.90 Å². The molecule has 2 rings (SSSR count). The highest BCUT2D eigenvalue weighted by Crippen LogP contribution is 2.23. The molecule has 0 aromatic heterocycles. The summed E-state index contributed by atoms with van der Waals surface area (Å²) >= 11 is 2.22. The first-order chi connectivity index (χ1) is 9.42. The molecular formula is C14H17F3INO. The van der Waals surface area contributed by atoms with Crippen LogP contribution < -0.4 is 4.74 Å². The zero-order valence-corrected chi connectivity index (χ0v) is 13.2. The number of rotatable bonds is 4. The van der Waals surface area contributed by atoms with Gasteiger partial charge in [0.2, 0.25) is 0 Å². The molecule has 0 spiro atoms. The lowest BCUT2D eigenvalue weighted by Crippen LogP contribution is -2.41. The Morgan fingerprint density at radius 2 is 1.95 bits per heavy atom. The second-order valence-electron chi connectivity index (χ2n) is 5.10. The average molecular weight is 399 g/mol. The van der Waals surface area contributed by atoms with Gasteiger partial charge < -0.3 is 4.74 Å². The number of likely N-dealkylation sites (tertiary alicyclic amines) is 1. The molecule has 1 aliphatic rings. The van der Waals surface area contributed by atoms with E-state index >= 15 is 0 Å². The van der Waals surface area contributed by atoms with Crippen molar-refractivity contribution in [2.24, 2.45) is 5.92 Å². The Bertz CT molecular complexity index is 431. The summed E-state index contributed by atoms with van der Waals surface area (Å²) in [6.45, 7) is 0.789. The van der Waals surface area contributed by atoms with Crippen LogP contribution in [0.4, 0.5) is 13.2 Å². The molecule has 6 heteroatoms. The molecule has 0 radical (unpaired) electrons. The third-order valence-corrected chi connectivity index (χ3v) is 4.06. The Labute approximate surface area is 130 Å². The molecule has 0 bridgehead atoms. The number of halogens is 4. The Hall–Kier alpha value is -0.500. The van der Waals surface area contributed by atoms with Crippen molar-refractivity contribution in [3.8, 4) is 5.75 Å². The van der Waals surface area contributed by atoms with Crippen LogP contribution in [0.3, 0.4) is 0 Å². The number of piperidine rings is 1. The predicted molar refractivity (Wildman–Crippen MR) is 79.9 cm³/mol. The monoisotopic (exact) mass is 399 g/mol. The summed E-state index contributed by atoms with van der Waals surface area (Å²) in [5, 5.41) is 0. The predicted octanol–water partition coefficient (Wildman–Crippen LogP) is 3.94. The van der Waals surface area contributed by atoms with E-state index in [0.29, 0.717) is 25.6 Å². The molecule has 0 saturated carbocycles. The third kappa shape index (κ3) is 5.47. The first kappa shape index (κ1) is 15.9. The molecule has 0 aliphatic carbocycles. The smallest absolute Gasteiger partial charge is 0.401 e. The summed E-state index contributed by atoms with van der Waals surface area (Å²) in [5.41, 5.74) is 0. The number of benzene rings is 1. The number of ether oxygens (including phenoxy) is 1. The van der Waals surface area contributed by atoms with Gasteiger partial charge in [-0.1, -0.05) is 6.07 Å². The molecule has 1 aromatic carbocycles. The molecule has 2 nitrogen and oxygen atoms in total. The van der Waals surface area contributed by atoms with Crippen molar-refractivity contribution >= 4 is 22.6 Å². The van der Waals surface area contributed by atoms with Gasteiger partial charge in [0.1, 0.15) is 5.75 Å². The average Bonchev–Trinajstić information content (AvgIpc) is 2.36. The van der Waals surface area contributed by atoms with Crippen LogP contribution >= 0.6 is 22.6 Å². The number of alkyl halides is 3. The summed E-state index contributed by atoms with van der Waals surface area (Å²) < 4.78 is 43.7. The van der Waals surface area contributed by atoms with Gasteiger partial charge in [0.05, 0.1) is 13.2 Å². The largest absolute Gasteiger partial charge is 0.493 e. The van der Waals surface area contributed by atoms with Crippen LogP contribution in [0.25, 0.3) is 0 Å². The Morgan fingerprint density at radius 3 is 2.55 bits per heavy atom. The molecule has 20 heavy (non-hydrogen) atoms. The molecule has 0 amide bonds.